The Kier molecular flexibility index (Phi) is 5.48. The van der Waals surface area contributed by atoms with Crippen LogP contribution in [-0.2, 0) is 4.79 Å². The number of nitrogen functional groups attached to an aromatic ring is 1. The molecule has 1 saturated heterocycles. The Bertz CT molecular complexity index is 933. The number of anilines is 1. The Morgan fingerprint density at radius 1 is 1.21 bits per heavy atom. The second-order valence-electron chi connectivity index (χ2n) is 7.25. The molecule has 5 nitrogen and oxygen atoms in total. The molecule has 1 aromatic carbocycles. The lowest BCUT2D eigenvalue weighted by atomic mass is 9.94. The summed E-state index contributed by atoms with van der Waals surface area (Å²) in [6.07, 6.45) is 9.07. The molecule has 2 fully saturated rings. The summed E-state index contributed by atoms with van der Waals surface area (Å²) in [5.74, 6) is 0.0551. The number of pyridine rings is 1. The van der Waals surface area contributed by atoms with Crippen LogP contribution < -0.4 is 5.73 Å². The number of thioether (sulfide) groups is 1. The highest BCUT2D eigenvalue weighted by atomic mass is 32.2. The minimum atomic E-state index is 0.0551. The van der Waals surface area contributed by atoms with Gasteiger partial charge in [0.15, 0.2) is 5.17 Å². The van der Waals surface area contributed by atoms with E-state index < -0.39 is 0 Å². The lowest BCUT2D eigenvalue weighted by Crippen LogP contribution is -2.40. The van der Waals surface area contributed by atoms with Gasteiger partial charge in [-0.1, -0.05) is 31.4 Å². The highest BCUT2D eigenvalue weighted by molar-refractivity contribution is 8.18. The first-order chi connectivity index (χ1) is 13.6. The van der Waals surface area contributed by atoms with Crippen molar-refractivity contribution < 1.29 is 4.79 Å². The van der Waals surface area contributed by atoms with Crippen LogP contribution >= 0.6 is 11.8 Å². The van der Waals surface area contributed by atoms with Gasteiger partial charge in [0.25, 0.3) is 5.91 Å². The highest BCUT2D eigenvalue weighted by Gasteiger charge is 2.39. The van der Waals surface area contributed by atoms with Crippen molar-refractivity contribution in [2.75, 3.05) is 5.73 Å². The molecular formula is C22H24N4OS. The minimum absolute atomic E-state index is 0.0551. The predicted molar refractivity (Wildman–Crippen MR) is 116 cm³/mol. The normalized spacial score (nSPS) is 21.4. The Balaban J connectivity index is 1.75. The topological polar surface area (TPSA) is 71.6 Å². The lowest BCUT2D eigenvalue weighted by Gasteiger charge is -2.30. The van der Waals surface area contributed by atoms with Crippen LogP contribution in [0.4, 0.5) is 11.4 Å². The Morgan fingerprint density at radius 3 is 2.75 bits per heavy atom. The maximum absolute atomic E-state index is 13.4. The molecule has 2 N–H and O–H groups in total. The molecule has 2 aliphatic rings. The van der Waals surface area contributed by atoms with E-state index in [1.54, 1.807) is 12.4 Å². The molecular weight excluding hydrogens is 368 g/mol. The number of hydrogen-bond acceptors (Lipinski definition) is 5. The van der Waals surface area contributed by atoms with Gasteiger partial charge in [-0.3, -0.25) is 14.7 Å². The number of carbonyl (C=O) groups is 1. The van der Waals surface area contributed by atoms with Gasteiger partial charge >= 0.3 is 0 Å². The SMILES string of the molecule is C/C(=C1/SC(=Nc2cccnc2)N(C2CCCCC2)C1=O)c1cccc(N)c1. The highest BCUT2D eigenvalue weighted by Crippen LogP contribution is 2.41. The van der Waals surface area contributed by atoms with Crippen molar-refractivity contribution in [3.8, 4) is 0 Å². The van der Waals surface area contributed by atoms with Crippen LogP contribution in [0.15, 0.2) is 58.7 Å². The predicted octanol–water partition coefficient (Wildman–Crippen LogP) is 4.99. The van der Waals surface area contributed by atoms with Crippen LogP contribution in [0.1, 0.15) is 44.6 Å². The van der Waals surface area contributed by atoms with Crippen LogP contribution in [0.3, 0.4) is 0 Å². The van der Waals surface area contributed by atoms with Crippen molar-refractivity contribution in [2.45, 2.75) is 45.1 Å². The number of amides is 1. The quantitative estimate of drug-likeness (QED) is 0.590. The summed E-state index contributed by atoms with van der Waals surface area (Å²) in [4.78, 5) is 25.0. The smallest absolute Gasteiger partial charge is 0.267 e. The molecule has 1 aliphatic carbocycles. The molecule has 28 heavy (non-hydrogen) atoms. The van der Waals surface area contributed by atoms with Crippen LogP contribution in [0.2, 0.25) is 0 Å². The van der Waals surface area contributed by atoms with Gasteiger partial charge in [-0.15, -0.1) is 0 Å². The van der Waals surface area contributed by atoms with Gasteiger partial charge < -0.3 is 5.73 Å². The molecule has 0 unspecified atom stereocenters. The number of allylic oxidation sites excluding steroid dienone is 1. The van der Waals surface area contributed by atoms with E-state index in [0.29, 0.717) is 5.69 Å². The average molecular weight is 393 g/mol. The summed E-state index contributed by atoms with van der Waals surface area (Å²) in [6.45, 7) is 1.99. The summed E-state index contributed by atoms with van der Waals surface area (Å²) in [5, 5.41) is 0.753. The first-order valence-corrected chi connectivity index (χ1v) is 10.5. The first kappa shape index (κ1) is 18.7. The Morgan fingerprint density at radius 2 is 2.04 bits per heavy atom. The lowest BCUT2D eigenvalue weighted by molar-refractivity contribution is -0.124. The maximum Gasteiger partial charge on any atom is 0.267 e. The molecule has 4 rings (SSSR count). The molecule has 0 radical (unpaired) electrons. The van der Waals surface area contributed by atoms with Crippen molar-refractivity contribution in [3.05, 3.63) is 59.3 Å². The molecule has 144 valence electrons. The third kappa shape index (κ3) is 3.83. The molecule has 0 bridgehead atoms. The van der Waals surface area contributed by atoms with Gasteiger partial charge in [0.05, 0.1) is 16.8 Å². The van der Waals surface area contributed by atoms with E-state index in [1.165, 1.54) is 18.2 Å². The molecule has 0 spiro atoms. The largest absolute Gasteiger partial charge is 0.399 e. The van der Waals surface area contributed by atoms with Crippen molar-refractivity contribution in [2.24, 2.45) is 4.99 Å². The second-order valence-corrected chi connectivity index (χ2v) is 8.23. The second kappa shape index (κ2) is 8.19. The number of nitrogens with zero attached hydrogens (tertiary/aromatic N) is 3. The van der Waals surface area contributed by atoms with Gasteiger partial charge in [-0.2, -0.15) is 0 Å². The van der Waals surface area contributed by atoms with Gasteiger partial charge in [0.1, 0.15) is 0 Å². The number of nitrogens with two attached hydrogens (primary N) is 1. The van der Waals surface area contributed by atoms with E-state index in [2.05, 4.69) is 4.98 Å². The van der Waals surface area contributed by atoms with Gasteiger partial charge in [0.2, 0.25) is 0 Å². The third-order valence-electron chi connectivity index (χ3n) is 5.28. The fraction of sp³-hybridized carbons (Fsp3) is 0.318. The summed E-state index contributed by atoms with van der Waals surface area (Å²) in [7, 11) is 0. The fourth-order valence-electron chi connectivity index (χ4n) is 3.79. The number of carbonyl (C=O) groups excluding carboxylic acids is 1. The minimum Gasteiger partial charge on any atom is -0.399 e. The summed E-state index contributed by atoms with van der Waals surface area (Å²) < 4.78 is 0. The molecule has 1 aromatic heterocycles. The van der Waals surface area contributed by atoms with Crippen LogP contribution in [0.5, 0.6) is 0 Å². The van der Waals surface area contributed by atoms with Crippen molar-refractivity contribution in [1.82, 2.24) is 9.88 Å². The van der Waals surface area contributed by atoms with Crippen molar-refractivity contribution >= 4 is 39.8 Å². The molecule has 1 saturated carbocycles. The average Bonchev–Trinajstić information content (AvgIpc) is 3.04. The number of aliphatic imine (C=N–C) groups is 1. The molecule has 1 aliphatic heterocycles. The van der Waals surface area contributed by atoms with E-state index in [1.807, 2.05) is 48.2 Å². The van der Waals surface area contributed by atoms with Gasteiger partial charge in [0, 0.05) is 17.9 Å². The number of amidine groups is 1. The Labute approximate surface area is 169 Å². The summed E-state index contributed by atoms with van der Waals surface area (Å²) in [6, 6.07) is 11.7. The molecule has 2 aromatic rings. The van der Waals surface area contributed by atoms with E-state index in [-0.39, 0.29) is 11.9 Å². The standard InChI is InChI=1S/C22H24N4OS/c1-15(16-7-5-8-17(23)13-16)20-21(27)26(19-10-3-2-4-11-19)22(28-20)25-18-9-6-12-24-14-18/h5-9,12-14,19H,2-4,10-11,23H2,1H3/b20-15-,25-22?. The van der Waals surface area contributed by atoms with Gasteiger partial charge in [-0.05, 0) is 66.9 Å². The Hall–Kier alpha value is -2.60. The van der Waals surface area contributed by atoms with E-state index in [0.717, 1.165) is 52.6 Å². The molecule has 6 heteroatoms. The summed E-state index contributed by atoms with van der Waals surface area (Å²) in [5.41, 5.74) is 9.33. The van der Waals surface area contributed by atoms with E-state index in [9.17, 15) is 4.79 Å². The van der Waals surface area contributed by atoms with Crippen LogP contribution in [0.25, 0.3) is 5.57 Å². The van der Waals surface area contributed by atoms with Gasteiger partial charge in [-0.25, -0.2) is 4.99 Å². The van der Waals surface area contributed by atoms with Crippen LogP contribution in [-0.4, -0.2) is 27.0 Å². The maximum atomic E-state index is 13.4. The molecule has 1 amide bonds. The van der Waals surface area contributed by atoms with E-state index >= 15 is 0 Å². The monoisotopic (exact) mass is 392 g/mol. The third-order valence-corrected chi connectivity index (χ3v) is 6.44. The fourth-order valence-corrected chi connectivity index (χ4v) is 4.91. The van der Waals surface area contributed by atoms with Crippen molar-refractivity contribution in [3.63, 3.8) is 0 Å². The zero-order chi connectivity index (χ0) is 19.5. The summed E-state index contributed by atoms with van der Waals surface area (Å²) >= 11 is 1.46. The van der Waals surface area contributed by atoms with Crippen LogP contribution in [0, 0.1) is 0 Å². The van der Waals surface area contributed by atoms with Crippen molar-refractivity contribution in [1.29, 1.82) is 0 Å². The number of aromatic nitrogens is 1. The number of hydrogen-bond donors (Lipinski definition) is 1. The zero-order valence-electron chi connectivity index (χ0n) is 16.0. The zero-order valence-corrected chi connectivity index (χ0v) is 16.8. The number of benzene rings is 1. The first-order valence-electron chi connectivity index (χ1n) is 9.70. The molecule has 0 atom stereocenters. The van der Waals surface area contributed by atoms with E-state index in [4.69, 9.17) is 10.7 Å². The number of rotatable bonds is 3. The molecule has 2 heterocycles.